The van der Waals surface area contributed by atoms with Crippen LogP contribution in [0.25, 0.3) is 0 Å². The molecule has 7 nitrogen and oxygen atoms in total. The number of hydrogen-bond acceptors (Lipinski definition) is 4. The summed E-state index contributed by atoms with van der Waals surface area (Å²) in [4.78, 5) is 53.1. The summed E-state index contributed by atoms with van der Waals surface area (Å²) in [6.07, 6.45) is 6.75. The summed E-state index contributed by atoms with van der Waals surface area (Å²) in [6, 6.07) is 5.05. The summed E-state index contributed by atoms with van der Waals surface area (Å²) in [6.45, 7) is 4.19. The first-order valence-electron chi connectivity index (χ1n) is 13.0. The molecule has 0 radical (unpaired) electrons. The van der Waals surface area contributed by atoms with Gasteiger partial charge in [0.05, 0.1) is 0 Å². The average molecular weight is 476 g/mol. The standard InChI is InChI=1S/C28H33N3O4/c1-18-2-7-21(8-3-18)27(34)30-14-12-19(13-15-30)4-5-20-6-9-22-17-31(28(35)23(22)16-20)24-10-11-25(32)29-26(24)33/h6,9,16,18-19,21,24H,2-3,7-8,10-15,17H2,1H3,(H,29,32,33). The summed E-state index contributed by atoms with van der Waals surface area (Å²) in [5.41, 5.74) is 2.26. The van der Waals surface area contributed by atoms with Crippen molar-refractivity contribution < 1.29 is 19.2 Å². The maximum absolute atomic E-state index is 13.0. The van der Waals surface area contributed by atoms with Gasteiger partial charge in [-0.05, 0) is 68.6 Å². The summed E-state index contributed by atoms with van der Waals surface area (Å²) in [5.74, 6) is 7.27. The number of piperidine rings is 2. The van der Waals surface area contributed by atoms with Gasteiger partial charge in [-0.1, -0.05) is 24.8 Å². The Hall–Kier alpha value is -3.14. The van der Waals surface area contributed by atoms with Crippen LogP contribution in [-0.2, 0) is 20.9 Å². The fourth-order valence-electron chi connectivity index (χ4n) is 5.83. The van der Waals surface area contributed by atoms with E-state index >= 15 is 0 Å². The van der Waals surface area contributed by atoms with Crippen molar-refractivity contribution in [3.63, 3.8) is 0 Å². The molecule has 1 aromatic rings. The van der Waals surface area contributed by atoms with Gasteiger partial charge in [0.2, 0.25) is 17.7 Å². The van der Waals surface area contributed by atoms with Crippen LogP contribution in [0.4, 0.5) is 0 Å². The number of amides is 4. The van der Waals surface area contributed by atoms with Crippen LogP contribution in [0.5, 0.6) is 0 Å². The van der Waals surface area contributed by atoms with Gasteiger partial charge in [-0.15, -0.1) is 0 Å². The highest BCUT2D eigenvalue weighted by Gasteiger charge is 2.39. The van der Waals surface area contributed by atoms with Gasteiger partial charge < -0.3 is 9.80 Å². The van der Waals surface area contributed by atoms with Gasteiger partial charge in [-0.3, -0.25) is 24.5 Å². The van der Waals surface area contributed by atoms with Crippen LogP contribution in [0, 0.1) is 29.6 Å². The molecule has 0 bridgehead atoms. The lowest BCUT2D eigenvalue weighted by Crippen LogP contribution is -2.52. The van der Waals surface area contributed by atoms with Crippen LogP contribution in [0.3, 0.4) is 0 Å². The van der Waals surface area contributed by atoms with Crippen LogP contribution in [0.2, 0.25) is 0 Å². The van der Waals surface area contributed by atoms with Crippen molar-refractivity contribution >= 4 is 23.6 Å². The first-order chi connectivity index (χ1) is 16.9. The highest BCUT2D eigenvalue weighted by Crippen LogP contribution is 2.31. The summed E-state index contributed by atoms with van der Waals surface area (Å²) < 4.78 is 0. The molecule has 5 rings (SSSR count). The second-order valence-electron chi connectivity index (χ2n) is 10.6. The zero-order chi connectivity index (χ0) is 24.5. The monoisotopic (exact) mass is 475 g/mol. The molecule has 0 spiro atoms. The van der Waals surface area contributed by atoms with Crippen molar-refractivity contribution in [1.82, 2.24) is 15.1 Å². The molecular weight excluding hydrogens is 442 g/mol. The SMILES string of the molecule is CC1CCC(C(=O)N2CCC(C#Cc3ccc4c(c3)C(=O)N(C3CCC(=O)NC3=O)C4)CC2)CC1. The second-order valence-corrected chi connectivity index (χ2v) is 10.6. The molecule has 1 aliphatic carbocycles. The number of nitrogens with one attached hydrogen (secondary N) is 1. The van der Waals surface area contributed by atoms with E-state index in [0.29, 0.717) is 24.4 Å². The number of rotatable bonds is 2. The van der Waals surface area contributed by atoms with E-state index in [1.807, 2.05) is 23.1 Å². The van der Waals surface area contributed by atoms with Gasteiger partial charge in [0.25, 0.3) is 5.91 Å². The van der Waals surface area contributed by atoms with Crippen LogP contribution in [0.15, 0.2) is 18.2 Å². The lowest BCUT2D eigenvalue weighted by molar-refractivity contribution is -0.138. The zero-order valence-electron chi connectivity index (χ0n) is 20.3. The number of likely N-dealkylation sites (tertiary alicyclic amines) is 1. The Morgan fingerprint density at radius 1 is 1.00 bits per heavy atom. The van der Waals surface area contributed by atoms with Gasteiger partial charge in [-0.2, -0.15) is 0 Å². The van der Waals surface area contributed by atoms with Gasteiger partial charge in [0.1, 0.15) is 6.04 Å². The molecule has 1 saturated carbocycles. The molecule has 3 aliphatic heterocycles. The third kappa shape index (κ3) is 4.98. The van der Waals surface area contributed by atoms with Crippen molar-refractivity contribution in [1.29, 1.82) is 0 Å². The predicted octanol–water partition coefficient (Wildman–Crippen LogP) is 2.86. The maximum atomic E-state index is 13.0. The molecule has 1 unspecified atom stereocenters. The number of carbonyl (C=O) groups excluding carboxylic acids is 4. The quantitative estimate of drug-likeness (QED) is 0.526. The summed E-state index contributed by atoms with van der Waals surface area (Å²) in [5, 5.41) is 2.33. The summed E-state index contributed by atoms with van der Waals surface area (Å²) >= 11 is 0. The molecule has 0 aromatic heterocycles. The topological polar surface area (TPSA) is 86.8 Å². The molecular formula is C28H33N3O4. The molecule has 35 heavy (non-hydrogen) atoms. The molecule has 4 amide bonds. The van der Waals surface area contributed by atoms with Crippen LogP contribution in [0.1, 0.15) is 79.8 Å². The highest BCUT2D eigenvalue weighted by atomic mass is 16.2. The van der Waals surface area contributed by atoms with E-state index in [4.69, 9.17) is 0 Å². The Kier molecular flexibility index (Phi) is 6.64. The second kappa shape index (κ2) is 9.85. The number of carbonyl (C=O) groups is 4. The Balaban J connectivity index is 1.17. The van der Waals surface area contributed by atoms with E-state index in [1.165, 1.54) is 0 Å². The van der Waals surface area contributed by atoms with E-state index in [-0.39, 0.29) is 30.1 Å². The molecule has 1 N–H and O–H groups in total. The molecule has 3 fully saturated rings. The van der Waals surface area contributed by atoms with Crippen molar-refractivity contribution in [3.8, 4) is 11.8 Å². The van der Waals surface area contributed by atoms with Gasteiger partial charge in [0.15, 0.2) is 0 Å². The number of fused-ring (bicyclic) bond motifs is 1. The van der Waals surface area contributed by atoms with E-state index in [2.05, 4.69) is 24.1 Å². The lowest BCUT2D eigenvalue weighted by atomic mass is 9.82. The molecule has 1 aromatic carbocycles. The number of benzene rings is 1. The minimum absolute atomic E-state index is 0.179. The fraction of sp³-hybridized carbons (Fsp3) is 0.571. The minimum atomic E-state index is -0.605. The molecule has 4 aliphatic rings. The Labute approximate surface area is 206 Å². The third-order valence-corrected chi connectivity index (χ3v) is 8.12. The zero-order valence-corrected chi connectivity index (χ0v) is 20.3. The molecule has 184 valence electrons. The van der Waals surface area contributed by atoms with Crippen molar-refractivity contribution in [2.75, 3.05) is 13.1 Å². The number of imide groups is 1. The average Bonchev–Trinajstić information content (AvgIpc) is 3.18. The summed E-state index contributed by atoms with van der Waals surface area (Å²) in [7, 11) is 0. The maximum Gasteiger partial charge on any atom is 0.255 e. The van der Waals surface area contributed by atoms with E-state index < -0.39 is 11.9 Å². The Morgan fingerprint density at radius 2 is 1.74 bits per heavy atom. The van der Waals surface area contributed by atoms with E-state index in [1.54, 1.807) is 4.90 Å². The largest absolute Gasteiger partial charge is 0.342 e. The number of nitrogens with zero attached hydrogens (tertiary/aromatic N) is 2. The first kappa shape index (κ1) is 23.6. The Morgan fingerprint density at radius 3 is 2.46 bits per heavy atom. The van der Waals surface area contributed by atoms with Crippen molar-refractivity contribution in [3.05, 3.63) is 34.9 Å². The smallest absolute Gasteiger partial charge is 0.255 e. The first-order valence-corrected chi connectivity index (χ1v) is 13.0. The number of hydrogen-bond donors (Lipinski definition) is 1. The van der Waals surface area contributed by atoms with Gasteiger partial charge >= 0.3 is 0 Å². The third-order valence-electron chi connectivity index (χ3n) is 8.12. The van der Waals surface area contributed by atoms with Crippen LogP contribution in [-0.4, -0.2) is 52.6 Å². The Bertz CT molecular complexity index is 1100. The van der Waals surface area contributed by atoms with Gasteiger partial charge in [-0.25, -0.2) is 0 Å². The molecule has 7 heteroatoms. The van der Waals surface area contributed by atoms with Crippen LogP contribution < -0.4 is 5.32 Å². The minimum Gasteiger partial charge on any atom is -0.342 e. The highest BCUT2D eigenvalue weighted by molar-refractivity contribution is 6.05. The van der Waals surface area contributed by atoms with Gasteiger partial charge in [0, 0.05) is 49.0 Å². The normalized spacial score (nSPS) is 27.2. The van der Waals surface area contributed by atoms with E-state index in [9.17, 15) is 19.2 Å². The van der Waals surface area contributed by atoms with E-state index in [0.717, 1.165) is 68.7 Å². The van der Waals surface area contributed by atoms with Crippen LogP contribution >= 0.6 is 0 Å². The van der Waals surface area contributed by atoms with Crippen molar-refractivity contribution in [2.45, 2.75) is 70.9 Å². The predicted molar refractivity (Wildman–Crippen MR) is 130 cm³/mol. The van der Waals surface area contributed by atoms with Crippen molar-refractivity contribution in [2.24, 2.45) is 17.8 Å². The fourth-order valence-corrected chi connectivity index (χ4v) is 5.83. The molecule has 3 heterocycles. The molecule has 1 atom stereocenters. The lowest BCUT2D eigenvalue weighted by Gasteiger charge is -2.34. The molecule has 2 saturated heterocycles.